The monoisotopic (exact) mass is 492 g/mol. The number of hydrogen-bond acceptors (Lipinski definition) is 7. The second kappa shape index (κ2) is 9.88. The smallest absolute Gasteiger partial charge is 0.417 e. The van der Waals surface area contributed by atoms with Crippen LogP contribution in [-0.4, -0.2) is 43.2 Å². The summed E-state index contributed by atoms with van der Waals surface area (Å²) in [4.78, 5) is 23.1. The first-order valence-electron chi connectivity index (χ1n) is 10.6. The molecule has 0 bridgehead atoms. The number of carbonyl (C=O) groups excluding carboxylic acids is 1. The Balaban J connectivity index is 1.36. The van der Waals surface area contributed by atoms with E-state index in [0.29, 0.717) is 54.1 Å². The minimum absolute atomic E-state index is 0.126. The van der Waals surface area contributed by atoms with Gasteiger partial charge in [-0.25, -0.2) is 9.97 Å². The van der Waals surface area contributed by atoms with E-state index >= 15 is 0 Å². The van der Waals surface area contributed by atoms with Gasteiger partial charge in [-0.15, -0.1) is 11.3 Å². The van der Waals surface area contributed by atoms with Crippen molar-refractivity contribution in [3.63, 3.8) is 0 Å². The average Bonchev–Trinajstić information content (AvgIpc) is 3.31. The quantitative estimate of drug-likeness (QED) is 0.516. The first kappa shape index (κ1) is 23.8. The lowest BCUT2D eigenvalue weighted by molar-refractivity contribution is -0.137. The van der Waals surface area contributed by atoms with Crippen molar-refractivity contribution in [2.24, 2.45) is 5.92 Å². The lowest BCUT2D eigenvalue weighted by Gasteiger charge is -2.32. The molecule has 0 radical (unpaired) electrons. The summed E-state index contributed by atoms with van der Waals surface area (Å²) >= 11 is 1.32. The minimum atomic E-state index is -4.41. The molecule has 7 nitrogen and oxygen atoms in total. The number of anilines is 2. The van der Waals surface area contributed by atoms with Crippen LogP contribution >= 0.6 is 11.3 Å². The number of alkyl halides is 3. The molecule has 2 aromatic heterocycles. The van der Waals surface area contributed by atoms with Gasteiger partial charge in [0.15, 0.2) is 5.13 Å². The number of rotatable bonds is 6. The molecule has 1 aliphatic heterocycles. The van der Waals surface area contributed by atoms with Gasteiger partial charge < -0.3 is 19.7 Å². The van der Waals surface area contributed by atoms with Crippen LogP contribution in [0.4, 0.5) is 24.1 Å². The van der Waals surface area contributed by atoms with E-state index in [9.17, 15) is 18.0 Å². The number of nitrogens with zero attached hydrogens (tertiary/aromatic N) is 3. The molecule has 0 unspecified atom stereocenters. The summed E-state index contributed by atoms with van der Waals surface area (Å²) in [7, 11) is 3.16. The molecule has 4 rings (SSSR count). The van der Waals surface area contributed by atoms with E-state index in [2.05, 4.69) is 15.3 Å². The molecule has 180 valence electrons. The van der Waals surface area contributed by atoms with E-state index in [0.717, 1.165) is 17.8 Å². The molecule has 1 aliphatic rings. The zero-order valence-corrected chi connectivity index (χ0v) is 19.4. The molecule has 1 amide bonds. The topological polar surface area (TPSA) is 76.6 Å². The maximum absolute atomic E-state index is 12.8. The predicted octanol–water partition coefficient (Wildman–Crippen LogP) is 5.10. The summed E-state index contributed by atoms with van der Waals surface area (Å²) < 4.78 is 48.9. The number of aromatic nitrogens is 2. The number of amides is 1. The number of pyridine rings is 1. The molecule has 0 aliphatic carbocycles. The van der Waals surface area contributed by atoms with Crippen molar-refractivity contribution >= 4 is 28.2 Å². The molecule has 0 spiro atoms. The summed E-state index contributed by atoms with van der Waals surface area (Å²) in [6.07, 6.45) is -2.44. The van der Waals surface area contributed by atoms with Gasteiger partial charge in [0.1, 0.15) is 17.3 Å². The lowest BCUT2D eigenvalue weighted by atomic mass is 9.96. The van der Waals surface area contributed by atoms with Crippen LogP contribution in [0.2, 0.25) is 0 Å². The minimum Gasteiger partial charge on any atom is -0.497 e. The molecule has 1 saturated heterocycles. The molecule has 3 aromatic rings. The van der Waals surface area contributed by atoms with E-state index in [-0.39, 0.29) is 11.8 Å². The number of hydrogen-bond donors (Lipinski definition) is 1. The van der Waals surface area contributed by atoms with Gasteiger partial charge in [0.05, 0.1) is 25.5 Å². The van der Waals surface area contributed by atoms with Gasteiger partial charge in [-0.2, -0.15) is 13.2 Å². The Bertz CT molecular complexity index is 1140. The molecule has 34 heavy (non-hydrogen) atoms. The van der Waals surface area contributed by atoms with E-state index < -0.39 is 11.7 Å². The third kappa shape index (κ3) is 5.24. The van der Waals surface area contributed by atoms with Gasteiger partial charge >= 0.3 is 6.18 Å². The number of halogens is 3. The fraction of sp³-hybridized carbons (Fsp3) is 0.348. The summed E-state index contributed by atoms with van der Waals surface area (Å²) in [6.45, 7) is 1.06. The SMILES string of the molecule is COc1ccc(OC)c(-c2csc(NC(=O)C3CCN(c4ccc(C(F)(F)F)cn4)CC3)n2)c1. The van der Waals surface area contributed by atoms with Crippen molar-refractivity contribution in [3.8, 4) is 22.8 Å². The van der Waals surface area contributed by atoms with Gasteiger partial charge in [-0.05, 0) is 43.2 Å². The van der Waals surface area contributed by atoms with E-state index in [1.165, 1.54) is 17.4 Å². The van der Waals surface area contributed by atoms with Crippen LogP contribution in [0.1, 0.15) is 18.4 Å². The number of piperidine rings is 1. The van der Waals surface area contributed by atoms with Gasteiger partial charge in [0.25, 0.3) is 0 Å². The van der Waals surface area contributed by atoms with Crippen molar-refractivity contribution in [1.29, 1.82) is 0 Å². The largest absolute Gasteiger partial charge is 0.497 e. The molecular formula is C23H23F3N4O3S. The van der Waals surface area contributed by atoms with Gasteiger partial charge in [0, 0.05) is 36.1 Å². The van der Waals surface area contributed by atoms with Crippen molar-refractivity contribution < 1.29 is 27.4 Å². The predicted molar refractivity (Wildman–Crippen MR) is 123 cm³/mol. The highest BCUT2D eigenvalue weighted by atomic mass is 32.1. The van der Waals surface area contributed by atoms with Gasteiger partial charge in [-0.3, -0.25) is 4.79 Å². The van der Waals surface area contributed by atoms with Crippen LogP contribution in [-0.2, 0) is 11.0 Å². The zero-order chi connectivity index (χ0) is 24.3. The number of thiazole rings is 1. The highest BCUT2D eigenvalue weighted by molar-refractivity contribution is 7.14. The van der Waals surface area contributed by atoms with Gasteiger partial charge in [-0.1, -0.05) is 0 Å². The molecule has 0 atom stereocenters. The Hall–Kier alpha value is -3.34. The fourth-order valence-corrected chi connectivity index (χ4v) is 4.50. The Kier molecular flexibility index (Phi) is 6.92. The van der Waals surface area contributed by atoms with Crippen LogP contribution in [0.15, 0.2) is 41.9 Å². The standard InChI is InChI=1S/C23H23F3N4O3S/c1-32-16-4-5-19(33-2)17(11-16)18-13-34-22(28-18)29-21(31)14-7-9-30(10-8-14)20-6-3-15(12-27-20)23(24,25)26/h3-6,11-14H,7-10H2,1-2H3,(H,28,29,31). The Morgan fingerprint density at radius 2 is 1.91 bits per heavy atom. The van der Waals surface area contributed by atoms with Gasteiger partial charge in [0.2, 0.25) is 5.91 Å². The van der Waals surface area contributed by atoms with E-state index in [4.69, 9.17) is 9.47 Å². The summed E-state index contributed by atoms with van der Waals surface area (Å²) in [6, 6.07) is 7.81. The molecule has 1 N–H and O–H groups in total. The third-order valence-corrected chi connectivity index (χ3v) is 6.44. The average molecular weight is 493 g/mol. The molecule has 3 heterocycles. The van der Waals surface area contributed by atoms with Crippen LogP contribution in [0, 0.1) is 5.92 Å². The highest BCUT2D eigenvalue weighted by Gasteiger charge is 2.31. The van der Waals surface area contributed by atoms with Crippen molar-refractivity contribution in [3.05, 3.63) is 47.5 Å². The van der Waals surface area contributed by atoms with E-state index in [1.54, 1.807) is 26.4 Å². The van der Waals surface area contributed by atoms with Crippen LogP contribution in [0.25, 0.3) is 11.3 Å². The zero-order valence-electron chi connectivity index (χ0n) is 18.6. The Morgan fingerprint density at radius 3 is 2.53 bits per heavy atom. The van der Waals surface area contributed by atoms with Crippen molar-refractivity contribution in [1.82, 2.24) is 9.97 Å². The molecular weight excluding hydrogens is 469 g/mol. The van der Waals surface area contributed by atoms with Crippen LogP contribution in [0.5, 0.6) is 11.5 Å². The molecule has 11 heteroatoms. The second-order valence-corrected chi connectivity index (χ2v) is 8.62. The van der Waals surface area contributed by atoms with Crippen LogP contribution in [0.3, 0.4) is 0 Å². The number of nitrogens with one attached hydrogen (secondary N) is 1. The summed E-state index contributed by atoms with van der Waals surface area (Å²) in [5.41, 5.74) is 0.648. The maximum atomic E-state index is 12.8. The number of ether oxygens (including phenoxy) is 2. The molecule has 1 aromatic carbocycles. The first-order valence-corrected chi connectivity index (χ1v) is 11.4. The normalized spacial score (nSPS) is 14.7. The lowest BCUT2D eigenvalue weighted by Crippen LogP contribution is -2.38. The Morgan fingerprint density at radius 1 is 1.15 bits per heavy atom. The highest BCUT2D eigenvalue weighted by Crippen LogP contribution is 2.35. The maximum Gasteiger partial charge on any atom is 0.417 e. The molecule has 1 fully saturated rings. The number of carbonyl (C=O) groups is 1. The number of benzene rings is 1. The number of methoxy groups -OCH3 is 2. The second-order valence-electron chi connectivity index (χ2n) is 7.76. The third-order valence-electron chi connectivity index (χ3n) is 5.68. The van der Waals surface area contributed by atoms with Crippen molar-refractivity contribution in [2.45, 2.75) is 19.0 Å². The van der Waals surface area contributed by atoms with E-state index in [1.807, 2.05) is 16.3 Å². The summed E-state index contributed by atoms with van der Waals surface area (Å²) in [5.74, 6) is 1.45. The first-order chi connectivity index (χ1) is 16.3. The van der Waals surface area contributed by atoms with Crippen LogP contribution < -0.4 is 19.7 Å². The summed E-state index contributed by atoms with van der Waals surface area (Å²) in [5, 5.41) is 5.21. The fourth-order valence-electron chi connectivity index (χ4n) is 3.79. The van der Waals surface area contributed by atoms with Crippen molar-refractivity contribution in [2.75, 3.05) is 37.5 Å². The molecule has 0 saturated carbocycles. The Labute approximate surface area is 198 Å².